The number of amides is 1. The summed E-state index contributed by atoms with van der Waals surface area (Å²) in [5.41, 5.74) is -0.419. The van der Waals surface area contributed by atoms with Crippen molar-refractivity contribution in [2.75, 3.05) is 25.9 Å². The van der Waals surface area contributed by atoms with Gasteiger partial charge in [0.1, 0.15) is 5.60 Å². The Hall–Kier alpha value is -0.420. The van der Waals surface area contributed by atoms with Crippen molar-refractivity contribution in [3.63, 3.8) is 0 Å². The van der Waals surface area contributed by atoms with Gasteiger partial charge in [-0.3, -0.25) is 0 Å². The molecule has 0 radical (unpaired) electrons. The molecule has 5 heteroatoms. The van der Waals surface area contributed by atoms with Gasteiger partial charge in [0.05, 0.1) is 0 Å². The van der Waals surface area contributed by atoms with E-state index in [1.807, 2.05) is 32.5 Å². The van der Waals surface area contributed by atoms with E-state index in [0.717, 1.165) is 19.5 Å². The zero-order valence-corrected chi connectivity index (χ0v) is 13.5. The van der Waals surface area contributed by atoms with Crippen LogP contribution in [-0.2, 0) is 4.74 Å². The van der Waals surface area contributed by atoms with Gasteiger partial charge in [0.15, 0.2) is 0 Å². The normalized spacial score (nSPS) is 17.7. The summed E-state index contributed by atoms with van der Waals surface area (Å²) >= 11 is 1.98. The molecule has 1 aliphatic rings. The highest BCUT2D eigenvalue weighted by Gasteiger charge is 2.35. The first-order valence-corrected chi connectivity index (χ1v) is 8.32. The van der Waals surface area contributed by atoms with E-state index in [0.29, 0.717) is 11.3 Å². The molecule has 0 atom stereocenters. The predicted molar refractivity (Wildman–Crippen MR) is 81.8 cm³/mol. The van der Waals surface area contributed by atoms with Gasteiger partial charge in [-0.1, -0.05) is 6.42 Å². The number of hydrogen-bond acceptors (Lipinski definition) is 4. The molecule has 1 saturated carbocycles. The second-order valence-electron chi connectivity index (χ2n) is 6.20. The fourth-order valence-electron chi connectivity index (χ4n) is 2.06. The highest BCUT2D eigenvalue weighted by atomic mass is 32.2. The Bertz CT molecular complexity index is 280. The van der Waals surface area contributed by atoms with Crippen LogP contribution >= 0.6 is 11.8 Å². The standard InChI is InChI=1S/C14H28N2O2S/c1-13(2,3)18-12(17)16-10-6-9-15-11-14(19-4)7-5-8-14/h15H,5-11H2,1-4H3,(H,16,17). The molecule has 1 aliphatic carbocycles. The van der Waals surface area contributed by atoms with E-state index in [4.69, 9.17) is 4.74 Å². The Labute approximate surface area is 121 Å². The van der Waals surface area contributed by atoms with Crippen LogP contribution in [0.15, 0.2) is 0 Å². The maximum Gasteiger partial charge on any atom is 0.407 e. The van der Waals surface area contributed by atoms with Crippen LogP contribution in [0.3, 0.4) is 0 Å². The van der Waals surface area contributed by atoms with Gasteiger partial charge < -0.3 is 15.4 Å². The zero-order valence-electron chi connectivity index (χ0n) is 12.7. The van der Waals surface area contributed by atoms with Crippen LogP contribution in [0.1, 0.15) is 46.5 Å². The van der Waals surface area contributed by atoms with Crippen molar-refractivity contribution in [1.82, 2.24) is 10.6 Å². The van der Waals surface area contributed by atoms with Crippen molar-refractivity contribution in [3.8, 4) is 0 Å². The first-order valence-electron chi connectivity index (χ1n) is 7.10. The molecule has 112 valence electrons. The number of alkyl carbamates (subject to hydrolysis) is 1. The molecule has 19 heavy (non-hydrogen) atoms. The Balaban J connectivity index is 1.98. The van der Waals surface area contributed by atoms with Crippen molar-refractivity contribution in [2.24, 2.45) is 0 Å². The molecular weight excluding hydrogens is 260 g/mol. The number of nitrogens with one attached hydrogen (secondary N) is 2. The van der Waals surface area contributed by atoms with E-state index in [1.54, 1.807) is 0 Å². The van der Waals surface area contributed by atoms with Crippen LogP contribution in [-0.4, -0.2) is 42.3 Å². The van der Waals surface area contributed by atoms with Crippen molar-refractivity contribution >= 4 is 17.9 Å². The highest BCUT2D eigenvalue weighted by Crippen LogP contribution is 2.42. The second kappa shape index (κ2) is 7.39. The van der Waals surface area contributed by atoms with Gasteiger partial charge in [0.2, 0.25) is 0 Å². The third-order valence-corrected chi connectivity index (χ3v) is 4.76. The summed E-state index contributed by atoms with van der Waals surface area (Å²) in [4.78, 5) is 11.4. The van der Waals surface area contributed by atoms with Crippen LogP contribution < -0.4 is 10.6 Å². The largest absolute Gasteiger partial charge is 0.444 e. The van der Waals surface area contributed by atoms with E-state index in [-0.39, 0.29) is 6.09 Å². The van der Waals surface area contributed by atoms with Crippen LogP contribution in [0.5, 0.6) is 0 Å². The maximum absolute atomic E-state index is 11.4. The van der Waals surface area contributed by atoms with Crippen LogP contribution in [0, 0.1) is 0 Å². The average Bonchev–Trinajstić information content (AvgIpc) is 2.23. The third-order valence-electron chi connectivity index (χ3n) is 3.34. The summed E-state index contributed by atoms with van der Waals surface area (Å²) in [6, 6.07) is 0. The Morgan fingerprint density at radius 1 is 1.32 bits per heavy atom. The second-order valence-corrected chi connectivity index (χ2v) is 7.47. The van der Waals surface area contributed by atoms with Crippen molar-refractivity contribution in [3.05, 3.63) is 0 Å². The van der Waals surface area contributed by atoms with Crippen molar-refractivity contribution < 1.29 is 9.53 Å². The van der Waals surface area contributed by atoms with E-state index in [2.05, 4.69) is 16.9 Å². The first kappa shape index (κ1) is 16.6. The molecule has 0 aromatic carbocycles. The molecule has 0 aromatic rings. The van der Waals surface area contributed by atoms with Crippen molar-refractivity contribution in [1.29, 1.82) is 0 Å². The van der Waals surface area contributed by atoms with E-state index in [9.17, 15) is 4.79 Å². The molecule has 2 N–H and O–H groups in total. The van der Waals surface area contributed by atoms with Crippen LogP contribution in [0.4, 0.5) is 4.79 Å². The lowest BCUT2D eigenvalue weighted by molar-refractivity contribution is 0.0527. The molecule has 4 nitrogen and oxygen atoms in total. The van der Waals surface area contributed by atoms with Gasteiger partial charge in [-0.15, -0.1) is 0 Å². The van der Waals surface area contributed by atoms with Gasteiger partial charge in [-0.2, -0.15) is 11.8 Å². The molecule has 0 heterocycles. The van der Waals surface area contributed by atoms with E-state index >= 15 is 0 Å². The summed E-state index contributed by atoms with van der Waals surface area (Å²) in [7, 11) is 0. The molecule has 1 rings (SSSR count). The molecule has 1 fully saturated rings. The fourth-order valence-corrected chi connectivity index (χ4v) is 3.00. The topological polar surface area (TPSA) is 50.4 Å². The number of ether oxygens (including phenoxy) is 1. The lowest BCUT2D eigenvalue weighted by atomic mass is 9.84. The minimum atomic E-state index is -0.419. The lowest BCUT2D eigenvalue weighted by Crippen LogP contribution is -2.44. The summed E-state index contributed by atoms with van der Waals surface area (Å²) in [6.07, 6.45) is 6.83. The molecule has 0 aromatic heterocycles. The van der Waals surface area contributed by atoms with E-state index in [1.165, 1.54) is 19.3 Å². The smallest absolute Gasteiger partial charge is 0.407 e. The summed E-state index contributed by atoms with van der Waals surface area (Å²) in [6.45, 7) is 8.30. The quantitative estimate of drug-likeness (QED) is 0.707. The van der Waals surface area contributed by atoms with Gasteiger partial charge in [0, 0.05) is 17.8 Å². The minimum Gasteiger partial charge on any atom is -0.444 e. The zero-order chi connectivity index (χ0) is 14.4. The molecule has 0 spiro atoms. The first-order chi connectivity index (χ1) is 8.87. The fraction of sp³-hybridized carbons (Fsp3) is 0.929. The maximum atomic E-state index is 11.4. The SMILES string of the molecule is CSC1(CNCCCNC(=O)OC(C)(C)C)CCC1. The van der Waals surface area contributed by atoms with Crippen molar-refractivity contribution in [2.45, 2.75) is 56.8 Å². The summed E-state index contributed by atoms with van der Waals surface area (Å²) in [5, 5.41) is 6.26. The predicted octanol–water partition coefficient (Wildman–Crippen LogP) is 2.78. The monoisotopic (exact) mass is 288 g/mol. The lowest BCUT2D eigenvalue weighted by Gasteiger charge is -2.40. The highest BCUT2D eigenvalue weighted by molar-refractivity contribution is 8.00. The number of hydrogen-bond donors (Lipinski definition) is 2. The molecule has 0 aliphatic heterocycles. The van der Waals surface area contributed by atoms with Gasteiger partial charge >= 0.3 is 6.09 Å². The van der Waals surface area contributed by atoms with Gasteiger partial charge in [0.25, 0.3) is 0 Å². The molecule has 1 amide bonds. The number of carbonyl (C=O) groups is 1. The van der Waals surface area contributed by atoms with Gasteiger partial charge in [-0.25, -0.2) is 4.79 Å². The van der Waals surface area contributed by atoms with Crippen LogP contribution in [0.2, 0.25) is 0 Å². The number of thioether (sulfide) groups is 1. The van der Waals surface area contributed by atoms with Gasteiger partial charge in [-0.05, 0) is 52.8 Å². The number of carbonyl (C=O) groups excluding carboxylic acids is 1. The summed E-state index contributed by atoms with van der Waals surface area (Å²) in [5.74, 6) is 0. The Morgan fingerprint density at radius 3 is 2.47 bits per heavy atom. The Kier molecular flexibility index (Phi) is 6.47. The van der Waals surface area contributed by atoms with E-state index < -0.39 is 5.60 Å². The average molecular weight is 288 g/mol. The summed E-state index contributed by atoms with van der Waals surface area (Å²) < 4.78 is 5.65. The van der Waals surface area contributed by atoms with Crippen LogP contribution in [0.25, 0.3) is 0 Å². The molecule has 0 bridgehead atoms. The Morgan fingerprint density at radius 2 is 2.00 bits per heavy atom. The third kappa shape index (κ3) is 6.52. The molecule has 0 unspecified atom stereocenters. The molecule has 0 saturated heterocycles. The minimum absolute atomic E-state index is 0.327. The number of rotatable bonds is 7. The molecular formula is C14H28N2O2S.